The second-order valence-corrected chi connectivity index (χ2v) is 7.33. The Balaban J connectivity index is 1.87. The number of likely N-dealkylation sites (tertiary alicyclic amines) is 1. The zero-order valence-corrected chi connectivity index (χ0v) is 14.8. The molecule has 0 aliphatic carbocycles. The Kier molecular flexibility index (Phi) is 4.41. The van der Waals surface area contributed by atoms with E-state index in [4.69, 9.17) is 5.11 Å². The Bertz CT molecular complexity index is 813. The fourth-order valence-electron chi connectivity index (χ4n) is 3.05. The lowest BCUT2D eigenvalue weighted by Gasteiger charge is -2.14. The SMILES string of the molecule is Cc1ccc(-c2nc(C)c(C(=O)N3CCC(C(=O)O)C3)s2)c(C)c1. The number of carboxylic acid groups (broad SMARTS) is 1. The van der Waals surface area contributed by atoms with Crippen LogP contribution in [0.4, 0.5) is 0 Å². The molecule has 6 heteroatoms. The Morgan fingerprint density at radius 2 is 2.04 bits per heavy atom. The molecule has 0 bridgehead atoms. The van der Waals surface area contributed by atoms with E-state index in [9.17, 15) is 9.59 Å². The Hall–Kier alpha value is -2.21. The largest absolute Gasteiger partial charge is 0.481 e. The van der Waals surface area contributed by atoms with Crippen molar-refractivity contribution in [1.29, 1.82) is 0 Å². The van der Waals surface area contributed by atoms with Crippen molar-refractivity contribution in [3.05, 3.63) is 39.9 Å². The second kappa shape index (κ2) is 6.36. The average Bonchev–Trinajstić information content (AvgIpc) is 3.13. The first-order valence-corrected chi connectivity index (χ1v) is 8.75. The highest BCUT2D eigenvalue weighted by Crippen LogP contribution is 2.32. The number of rotatable bonds is 3. The van der Waals surface area contributed by atoms with Crippen LogP contribution in [-0.4, -0.2) is 40.0 Å². The average molecular weight is 344 g/mol. The molecule has 126 valence electrons. The molecule has 1 aliphatic rings. The lowest BCUT2D eigenvalue weighted by molar-refractivity contribution is -0.141. The number of aromatic nitrogens is 1. The van der Waals surface area contributed by atoms with Crippen molar-refractivity contribution in [3.63, 3.8) is 0 Å². The van der Waals surface area contributed by atoms with Gasteiger partial charge in [-0.05, 0) is 32.8 Å². The van der Waals surface area contributed by atoms with Gasteiger partial charge < -0.3 is 10.0 Å². The first-order valence-electron chi connectivity index (χ1n) is 7.94. The van der Waals surface area contributed by atoms with Crippen molar-refractivity contribution in [2.45, 2.75) is 27.2 Å². The van der Waals surface area contributed by atoms with Crippen LogP contribution in [0.15, 0.2) is 18.2 Å². The molecular weight excluding hydrogens is 324 g/mol. The van der Waals surface area contributed by atoms with Crippen LogP contribution in [0.25, 0.3) is 10.6 Å². The zero-order valence-electron chi connectivity index (χ0n) is 14.0. The first-order chi connectivity index (χ1) is 11.4. The molecule has 1 saturated heterocycles. The van der Waals surface area contributed by atoms with Crippen LogP contribution < -0.4 is 0 Å². The lowest BCUT2D eigenvalue weighted by Crippen LogP contribution is -2.29. The number of aliphatic carboxylic acids is 1. The third kappa shape index (κ3) is 3.06. The van der Waals surface area contributed by atoms with Gasteiger partial charge in [0, 0.05) is 18.7 Å². The smallest absolute Gasteiger partial charge is 0.308 e. The van der Waals surface area contributed by atoms with Crippen LogP contribution in [-0.2, 0) is 4.79 Å². The molecule has 1 aliphatic heterocycles. The zero-order chi connectivity index (χ0) is 17.4. The van der Waals surface area contributed by atoms with Gasteiger partial charge >= 0.3 is 5.97 Å². The summed E-state index contributed by atoms with van der Waals surface area (Å²) in [5.74, 6) is -1.40. The van der Waals surface area contributed by atoms with E-state index in [0.29, 0.717) is 23.5 Å². The third-order valence-electron chi connectivity index (χ3n) is 4.43. The van der Waals surface area contributed by atoms with Gasteiger partial charge in [0.15, 0.2) is 0 Å². The Morgan fingerprint density at radius 1 is 1.29 bits per heavy atom. The van der Waals surface area contributed by atoms with E-state index < -0.39 is 11.9 Å². The van der Waals surface area contributed by atoms with Gasteiger partial charge in [-0.2, -0.15) is 0 Å². The number of carbonyl (C=O) groups excluding carboxylic acids is 1. The minimum absolute atomic E-state index is 0.107. The number of hydrogen-bond donors (Lipinski definition) is 1. The van der Waals surface area contributed by atoms with Crippen molar-refractivity contribution in [2.24, 2.45) is 5.92 Å². The van der Waals surface area contributed by atoms with Crippen molar-refractivity contribution in [1.82, 2.24) is 9.88 Å². The predicted octanol–water partition coefficient (Wildman–Crippen LogP) is 3.28. The summed E-state index contributed by atoms with van der Waals surface area (Å²) in [4.78, 5) is 30.6. The minimum atomic E-state index is -0.831. The fraction of sp³-hybridized carbons (Fsp3) is 0.389. The predicted molar refractivity (Wildman–Crippen MR) is 93.4 cm³/mol. The van der Waals surface area contributed by atoms with Gasteiger partial charge in [-0.15, -0.1) is 11.3 Å². The normalized spacial score (nSPS) is 17.3. The first kappa shape index (κ1) is 16.6. The maximum atomic E-state index is 12.7. The summed E-state index contributed by atoms with van der Waals surface area (Å²) in [6.45, 7) is 6.70. The molecule has 1 fully saturated rings. The molecule has 0 spiro atoms. The molecule has 0 radical (unpaired) electrons. The third-order valence-corrected chi connectivity index (χ3v) is 5.61. The summed E-state index contributed by atoms with van der Waals surface area (Å²) in [5, 5.41) is 9.93. The molecule has 2 aromatic rings. The minimum Gasteiger partial charge on any atom is -0.481 e. The van der Waals surface area contributed by atoms with Gasteiger partial charge in [-0.3, -0.25) is 9.59 Å². The number of amides is 1. The van der Waals surface area contributed by atoms with Gasteiger partial charge in [-0.1, -0.05) is 23.8 Å². The molecule has 0 saturated carbocycles. The van der Waals surface area contributed by atoms with Crippen LogP contribution in [0.3, 0.4) is 0 Å². The summed E-state index contributed by atoms with van der Waals surface area (Å²) in [7, 11) is 0. The van der Waals surface area contributed by atoms with Crippen LogP contribution in [0, 0.1) is 26.7 Å². The van der Waals surface area contributed by atoms with Gasteiger partial charge in [0.1, 0.15) is 9.88 Å². The van der Waals surface area contributed by atoms with Gasteiger partial charge in [0.05, 0.1) is 11.6 Å². The highest BCUT2D eigenvalue weighted by molar-refractivity contribution is 7.17. The van der Waals surface area contributed by atoms with Crippen LogP contribution in [0.5, 0.6) is 0 Å². The highest BCUT2D eigenvalue weighted by Gasteiger charge is 2.32. The van der Waals surface area contributed by atoms with E-state index in [1.165, 1.54) is 16.9 Å². The summed E-state index contributed by atoms with van der Waals surface area (Å²) in [5.41, 5.74) is 4.07. The van der Waals surface area contributed by atoms with Gasteiger partial charge in [0.2, 0.25) is 0 Å². The monoisotopic (exact) mass is 344 g/mol. The maximum absolute atomic E-state index is 12.7. The molecule has 1 N–H and O–H groups in total. The van der Waals surface area contributed by atoms with E-state index in [1.54, 1.807) is 4.90 Å². The quantitative estimate of drug-likeness (QED) is 0.927. The number of nitrogens with zero attached hydrogens (tertiary/aromatic N) is 2. The van der Waals surface area contributed by atoms with E-state index in [1.807, 2.05) is 32.9 Å². The summed E-state index contributed by atoms with van der Waals surface area (Å²) >= 11 is 1.39. The molecule has 1 amide bonds. The van der Waals surface area contributed by atoms with Crippen LogP contribution in [0.2, 0.25) is 0 Å². The second-order valence-electron chi connectivity index (χ2n) is 6.33. The Labute approximate surface area is 145 Å². The standard InChI is InChI=1S/C18H20N2O3S/c1-10-4-5-14(11(2)8-10)16-19-12(3)15(24-16)17(21)20-7-6-13(9-20)18(22)23/h4-5,8,13H,6-7,9H2,1-3H3,(H,22,23). The molecule has 1 aromatic heterocycles. The number of carboxylic acids is 1. The molecule has 24 heavy (non-hydrogen) atoms. The van der Waals surface area contributed by atoms with Crippen molar-refractivity contribution >= 4 is 23.2 Å². The summed E-state index contributed by atoms with van der Waals surface area (Å²) in [6, 6.07) is 6.18. The van der Waals surface area contributed by atoms with E-state index in [2.05, 4.69) is 11.1 Å². The van der Waals surface area contributed by atoms with Crippen LogP contribution in [0.1, 0.15) is 32.9 Å². The van der Waals surface area contributed by atoms with Crippen LogP contribution >= 0.6 is 11.3 Å². The molecule has 2 heterocycles. The van der Waals surface area contributed by atoms with Gasteiger partial charge in [-0.25, -0.2) is 4.98 Å². The van der Waals surface area contributed by atoms with E-state index >= 15 is 0 Å². The number of aryl methyl sites for hydroxylation is 3. The summed E-state index contributed by atoms with van der Waals surface area (Å²) < 4.78 is 0. The Morgan fingerprint density at radius 3 is 2.67 bits per heavy atom. The summed E-state index contributed by atoms with van der Waals surface area (Å²) in [6.07, 6.45) is 0.517. The number of benzene rings is 1. The fourth-order valence-corrected chi connectivity index (χ4v) is 4.18. The molecule has 1 aromatic carbocycles. The molecular formula is C18H20N2O3S. The topological polar surface area (TPSA) is 70.5 Å². The van der Waals surface area contributed by atoms with Crippen molar-refractivity contribution in [2.75, 3.05) is 13.1 Å². The number of thiazole rings is 1. The van der Waals surface area contributed by atoms with E-state index in [-0.39, 0.29) is 12.5 Å². The number of hydrogen-bond acceptors (Lipinski definition) is 4. The number of carbonyl (C=O) groups is 2. The maximum Gasteiger partial charge on any atom is 0.308 e. The van der Waals surface area contributed by atoms with Gasteiger partial charge in [0.25, 0.3) is 5.91 Å². The lowest BCUT2D eigenvalue weighted by atomic mass is 10.1. The van der Waals surface area contributed by atoms with Crippen molar-refractivity contribution in [3.8, 4) is 10.6 Å². The molecule has 3 rings (SSSR count). The molecule has 1 unspecified atom stereocenters. The highest BCUT2D eigenvalue weighted by atomic mass is 32.1. The molecule has 1 atom stereocenters. The van der Waals surface area contributed by atoms with E-state index in [0.717, 1.165) is 16.1 Å². The molecule has 5 nitrogen and oxygen atoms in total. The van der Waals surface area contributed by atoms with Crippen molar-refractivity contribution < 1.29 is 14.7 Å².